The Kier molecular flexibility index (Phi) is 18.1. The molecule has 2 amide bonds. The molecule has 0 aliphatic carbocycles. The first-order valence-electron chi connectivity index (χ1n) is 27.1. The number of carbonyl (C=O) groups is 3. The summed E-state index contributed by atoms with van der Waals surface area (Å²) in [6, 6.07) is 14.4. The summed E-state index contributed by atoms with van der Waals surface area (Å²) >= 11 is 19.7. The van der Waals surface area contributed by atoms with Crippen LogP contribution in [0.2, 0.25) is 15.2 Å². The average Bonchev–Trinajstić information content (AvgIpc) is 3.45. The molecule has 83 heavy (non-hydrogen) atoms. The Labute approximate surface area is 494 Å². The van der Waals surface area contributed by atoms with Gasteiger partial charge in [0.2, 0.25) is 0 Å². The van der Waals surface area contributed by atoms with Crippen LogP contribution in [0, 0.1) is 22.7 Å². The Morgan fingerprint density at radius 1 is 0.627 bits per heavy atom. The molecular formula is C59H63Cl3N14O7. The Hall–Kier alpha value is -8.24. The summed E-state index contributed by atoms with van der Waals surface area (Å²) in [6.45, 7) is 23.5. The molecule has 8 heterocycles. The summed E-state index contributed by atoms with van der Waals surface area (Å²) in [4.78, 5) is 99.1. The number of rotatable bonds is 10. The molecule has 9 rings (SSSR count). The van der Waals surface area contributed by atoms with Crippen LogP contribution in [-0.4, -0.2) is 130 Å². The molecule has 432 valence electrons. The number of hydrogen-bond donors (Lipinski definition) is 1. The summed E-state index contributed by atoms with van der Waals surface area (Å²) in [5, 5.41) is 31.6. The lowest BCUT2D eigenvalue weighted by molar-refractivity contribution is 0.0240. The second-order valence-electron chi connectivity index (χ2n) is 22.3. The summed E-state index contributed by atoms with van der Waals surface area (Å²) in [5.41, 5.74) is 3.88. The molecule has 2 aliphatic heterocycles. The highest BCUT2D eigenvalue weighted by molar-refractivity contribution is 6.42. The minimum absolute atomic E-state index is 0.0294. The predicted molar refractivity (Wildman–Crippen MR) is 319 cm³/mol. The molecule has 0 radical (unpaired) electrons. The quantitative estimate of drug-likeness (QED) is 0.0985. The number of aldehydes is 1. The van der Waals surface area contributed by atoms with Gasteiger partial charge in [0.05, 0.1) is 61.3 Å². The number of fused-ring (bicyclic) bond motifs is 2. The number of nitriles is 2. The number of ether oxygens (including phenoxy) is 1. The zero-order valence-corrected chi connectivity index (χ0v) is 50.2. The van der Waals surface area contributed by atoms with E-state index in [2.05, 4.69) is 37.1 Å². The predicted octanol–water partition coefficient (Wildman–Crippen LogP) is 10.9. The van der Waals surface area contributed by atoms with Crippen LogP contribution in [0.1, 0.15) is 144 Å². The Bertz CT molecular complexity index is 3870. The minimum atomic E-state index is -1.03. The van der Waals surface area contributed by atoms with Crippen LogP contribution >= 0.6 is 34.8 Å². The fourth-order valence-corrected chi connectivity index (χ4v) is 10.9. The molecule has 2 aliphatic rings. The largest absolute Gasteiger partial charge is 0.465 e. The molecule has 0 atom stereocenters. The number of halogens is 3. The second kappa shape index (κ2) is 24.7. The number of piperazine rings is 2. The smallest absolute Gasteiger partial charge is 0.410 e. The van der Waals surface area contributed by atoms with Crippen molar-refractivity contribution < 1.29 is 24.2 Å². The summed E-state index contributed by atoms with van der Waals surface area (Å²) < 4.78 is 8.32. The standard InChI is InChI=1S/C31H30ClN7O4.C28H33Cl2N7O3/c1-17(2)24-28(25(18(3)4)35-16-34-24)39-29-21(13-23(32)26(36-29)20-8-6-5-7-19(20)15-40)27(22(14-33)30(39)41)37-9-11-38(12-10-37)31(42)43;1-15(2)20-23(21(16(3)4)33-14-32-20)37-25-17(12-19(29)24(30)34-25)22(18(13-31)26(37)38)35-8-10-36(11-9-35)27(39)40-28(5,6)7/h5-8,13,15-18H,9-12H2,1-4H3,(H,42,43);12,14-16H,8-11H2,1-7H3. The SMILES string of the molecule is CC(C)c1ncnc(C(C)C)c1-n1c(=O)c(C#N)c(N2CCN(C(=O)O)CC2)c2cc(Cl)c(-c3ccccc3C=O)nc21.CC(C)c1ncnc(C(C)C)c1-n1c(=O)c(C#N)c(N2CCN(C(=O)OC(C)(C)C)CC2)c2cc(Cl)c(Cl)nc21. The lowest BCUT2D eigenvalue weighted by Gasteiger charge is -2.37. The monoisotopic (exact) mass is 1180 g/mol. The van der Waals surface area contributed by atoms with Gasteiger partial charge >= 0.3 is 12.2 Å². The molecular weight excluding hydrogens is 1120 g/mol. The first-order valence-corrected chi connectivity index (χ1v) is 28.2. The topological polar surface area (TPSA) is 263 Å². The number of nitrogens with zero attached hydrogens (tertiary/aromatic N) is 14. The molecule has 7 aromatic rings. The van der Waals surface area contributed by atoms with E-state index in [1.54, 1.807) is 41.3 Å². The van der Waals surface area contributed by atoms with E-state index in [0.29, 0.717) is 99.3 Å². The highest BCUT2D eigenvalue weighted by Crippen LogP contribution is 2.40. The van der Waals surface area contributed by atoms with E-state index in [4.69, 9.17) is 44.5 Å². The van der Waals surface area contributed by atoms with Gasteiger partial charge in [0.1, 0.15) is 52.3 Å². The van der Waals surface area contributed by atoms with Crippen molar-refractivity contribution in [3.8, 4) is 34.8 Å². The molecule has 21 nitrogen and oxygen atoms in total. The first-order chi connectivity index (χ1) is 39.3. The number of benzene rings is 1. The Balaban J connectivity index is 0.000000217. The van der Waals surface area contributed by atoms with Crippen LogP contribution < -0.4 is 20.9 Å². The molecule has 24 heteroatoms. The van der Waals surface area contributed by atoms with Gasteiger partial charge in [-0.25, -0.2) is 39.5 Å². The molecule has 6 aromatic heterocycles. The number of aromatic nitrogens is 8. The van der Waals surface area contributed by atoms with E-state index < -0.39 is 28.9 Å². The van der Waals surface area contributed by atoms with Crippen LogP contribution in [-0.2, 0) is 4.74 Å². The molecule has 1 N–H and O–H groups in total. The summed E-state index contributed by atoms with van der Waals surface area (Å²) in [5.74, 6) is -0.304. The number of amides is 2. The van der Waals surface area contributed by atoms with Gasteiger partial charge in [0.15, 0.2) is 11.9 Å². The fourth-order valence-electron chi connectivity index (χ4n) is 10.3. The lowest BCUT2D eigenvalue weighted by atomic mass is 10.00. The number of hydrogen-bond acceptors (Lipinski definition) is 16. The number of pyridine rings is 4. The third-order valence-corrected chi connectivity index (χ3v) is 15.1. The lowest BCUT2D eigenvalue weighted by Crippen LogP contribution is -2.50. The van der Waals surface area contributed by atoms with E-state index >= 15 is 0 Å². The first kappa shape index (κ1) is 60.8. The van der Waals surface area contributed by atoms with Crippen molar-refractivity contribution in [2.45, 2.75) is 105 Å². The third kappa shape index (κ3) is 12.0. The number of carbonyl (C=O) groups excluding carboxylic acids is 2. The maximum Gasteiger partial charge on any atom is 0.410 e. The van der Waals surface area contributed by atoms with Crippen molar-refractivity contribution in [1.29, 1.82) is 10.5 Å². The van der Waals surface area contributed by atoms with Crippen molar-refractivity contribution in [3.63, 3.8) is 0 Å². The van der Waals surface area contributed by atoms with Crippen LogP contribution in [0.4, 0.5) is 21.0 Å². The van der Waals surface area contributed by atoms with E-state index in [1.807, 2.05) is 86.0 Å². The van der Waals surface area contributed by atoms with Gasteiger partial charge in [-0.1, -0.05) is 114 Å². The van der Waals surface area contributed by atoms with Crippen molar-refractivity contribution in [2.75, 3.05) is 62.2 Å². The normalized spacial score (nSPS) is 13.9. The molecule has 0 saturated carbocycles. The molecule has 1 aromatic carbocycles. The van der Waals surface area contributed by atoms with E-state index in [1.165, 1.54) is 26.7 Å². The van der Waals surface area contributed by atoms with Gasteiger partial charge in [-0.2, -0.15) is 10.5 Å². The molecule has 2 fully saturated rings. The van der Waals surface area contributed by atoms with E-state index in [0.717, 1.165) is 6.29 Å². The van der Waals surface area contributed by atoms with Gasteiger partial charge < -0.3 is 29.4 Å². The van der Waals surface area contributed by atoms with E-state index in [-0.39, 0.29) is 87.5 Å². The Morgan fingerprint density at radius 2 is 1.04 bits per heavy atom. The maximum atomic E-state index is 14.5. The third-order valence-electron chi connectivity index (χ3n) is 14.2. The van der Waals surface area contributed by atoms with Gasteiger partial charge in [0, 0.05) is 74.3 Å². The van der Waals surface area contributed by atoms with Gasteiger partial charge in [-0.3, -0.25) is 23.5 Å². The van der Waals surface area contributed by atoms with Crippen LogP contribution in [0.5, 0.6) is 0 Å². The minimum Gasteiger partial charge on any atom is -0.465 e. The van der Waals surface area contributed by atoms with Crippen LogP contribution in [0.3, 0.4) is 0 Å². The maximum absolute atomic E-state index is 14.5. The van der Waals surface area contributed by atoms with Crippen molar-refractivity contribution in [1.82, 2.24) is 48.8 Å². The fraction of sp³-hybridized carbons (Fsp3) is 0.407. The molecule has 0 unspecified atom stereocenters. The van der Waals surface area contributed by atoms with Crippen LogP contribution in [0.15, 0.2) is 58.6 Å². The summed E-state index contributed by atoms with van der Waals surface area (Å²) in [6.07, 6.45) is 2.24. The highest BCUT2D eigenvalue weighted by Gasteiger charge is 2.34. The Morgan fingerprint density at radius 3 is 1.43 bits per heavy atom. The average molecular weight is 1190 g/mol. The van der Waals surface area contributed by atoms with Gasteiger partial charge in [-0.15, -0.1) is 0 Å². The molecule has 0 bridgehead atoms. The van der Waals surface area contributed by atoms with Gasteiger partial charge in [-0.05, 0) is 56.6 Å². The van der Waals surface area contributed by atoms with Crippen LogP contribution in [0.25, 0.3) is 44.7 Å². The molecule has 0 spiro atoms. The molecule has 2 saturated heterocycles. The number of carboxylic acid groups (broad SMARTS) is 1. The van der Waals surface area contributed by atoms with Crippen molar-refractivity contribution >= 4 is 86.7 Å². The summed E-state index contributed by atoms with van der Waals surface area (Å²) in [7, 11) is 0. The van der Waals surface area contributed by atoms with Crippen molar-refractivity contribution in [2.24, 2.45) is 0 Å². The zero-order valence-electron chi connectivity index (χ0n) is 48.0. The van der Waals surface area contributed by atoms with Gasteiger partial charge in [0.25, 0.3) is 11.1 Å². The number of anilines is 2. The van der Waals surface area contributed by atoms with E-state index in [9.17, 15) is 39.6 Å². The zero-order chi connectivity index (χ0) is 60.5. The second-order valence-corrected chi connectivity index (χ2v) is 23.5. The highest BCUT2D eigenvalue weighted by atomic mass is 35.5. The van der Waals surface area contributed by atoms with Crippen molar-refractivity contribution in [3.05, 3.63) is 124 Å².